The fraction of sp³-hybridized carbons (Fsp3) is 0.0909. The van der Waals surface area contributed by atoms with Crippen LogP contribution in [0, 0.1) is 13.7 Å². The Hall–Kier alpha value is -3.20. The Kier molecular flexibility index (Phi) is 1.92. The fourth-order valence-corrected chi connectivity index (χ4v) is 3.23. The number of para-hydroxylation sites is 1. The van der Waals surface area contributed by atoms with E-state index in [0.717, 1.165) is 21.7 Å². The van der Waals surface area contributed by atoms with Crippen molar-refractivity contribution in [3.63, 3.8) is 0 Å². The third-order valence-corrected chi connectivity index (χ3v) is 4.40. The monoisotopic (exact) mass is 330 g/mol. The lowest BCUT2D eigenvalue weighted by molar-refractivity contribution is 0.673. The Bertz CT molecular complexity index is 1450. The number of hydrogen-bond donors (Lipinski definition) is 0. The number of rotatable bonds is 1. The maximum atomic E-state index is 7.66. The van der Waals surface area contributed by atoms with Crippen molar-refractivity contribution in [1.29, 1.82) is 0 Å². The molecule has 0 atom stereocenters. The van der Waals surface area contributed by atoms with Gasteiger partial charge in [-0.1, -0.05) is 24.3 Å². The van der Waals surface area contributed by atoms with E-state index in [-0.39, 0.29) is 11.3 Å². The van der Waals surface area contributed by atoms with Crippen LogP contribution in [0.25, 0.3) is 44.0 Å². The second kappa shape index (κ2) is 5.15. The summed E-state index contributed by atoms with van der Waals surface area (Å²) in [6.07, 6.45) is 2.90. The molecule has 120 valence electrons. The molecule has 0 N–H and O–H groups in total. The minimum Gasteiger partial charge on any atom is -0.455 e. The van der Waals surface area contributed by atoms with Crippen LogP contribution in [-0.2, 0) is 0 Å². The van der Waals surface area contributed by atoms with E-state index in [9.17, 15) is 0 Å². The quantitative estimate of drug-likeness (QED) is 0.389. The highest BCUT2D eigenvalue weighted by Crippen LogP contribution is 2.38. The molecule has 0 unspecified atom stereocenters. The van der Waals surface area contributed by atoms with Crippen LogP contribution in [0.3, 0.4) is 0 Å². The first kappa shape index (κ1) is 9.33. The number of aryl methyl sites for hydroxylation is 2. The number of aromatic nitrogens is 2. The molecule has 5 aromatic rings. The van der Waals surface area contributed by atoms with Gasteiger partial charge in [-0.2, -0.15) is 0 Å². The number of benzene rings is 2. The maximum absolute atomic E-state index is 7.66. The normalized spacial score (nSPS) is 16.2. The lowest BCUT2D eigenvalue weighted by atomic mass is 10.0. The van der Waals surface area contributed by atoms with Gasteiger partial charge < -0.3 is 4.42 Å². The van der Waals surface area contributed by atoms with Gasteiger partial charge in [-0.25, -0.2) is 0 Å². The van der Waals surface area contributed by atoms with E-state index in [1.54, 1.807) is 24.4 Å². The molecule has 0 saturated carbocycles. The van der Waals surface area contributed by atoms with Crippen LogP contribution in [0.15, 0.2) is 65.3 Å². The summed E-state index contributed by atoms with van der Waals surface area (Å²) in [6, 6.07) is 14.2. The minimum atomic E-state index is -2.32. The summed E-state index contributed by atoms with van der Waals surface area (Å²) < 4.78 is 51.8. The van der Waals surface area contributed by atoms with E-state index in [1.807, 2.05) is 30.3 Å². The highest BCUT2D eigenvalue weighted by atomic mass is 16.3. The van der Waals surface area contributed by atoms with Crippen LogP contribution in [0.1, 0.15) is 19.5 Å². The van der Waals surface area contributed by atoms with Gasteiger partial charge in [0.05, 0.1) is 5.69 Å². The van der Waals surface area contributed by atoms with Crippen LogP contribution < -0.4 is 0 Å². The van der Waals surface area contributed by atoms with E-state index in [2.05, 4.69) is 9.97 Å². The van der Waals surface area contributed by atoms with Crippen molar-refractivity contribution in [2.24, 2.45) is 0 Å². The molecular weight excluding hydrogens is 308 g/mol. The van der Waals surface area contributed by atoms with Crippen LogP contribution >= 0.6 is 0 Å². The largest absolute Gasteiger partial charge is 0.455 e. The van der Waals surface area contributed by atoms with Gasteiger partial charge in [-0.15, -0.1) is 0 Å². The van der Waals surface area contributed by atoms with Gasteiger partial charge in [-0.3, -0.25) is 9.97 Å². The molecule has 0 aliphatic rings. The number of hydrogen-bond acceptors (Lipinski definition) is 3. The third kappa shape index (κ3) is 2.13. The molecule has 0 radical (unpaired) electrons. The standard InChI is InChI=1S/C22H16N2O/c1-13-6-9-20(24-11-13)18-5-3-4-16-17-8-7-15-12-23-14(2)10-19(15)22(17)25-21(16)18/h3-12H,1-2H3/i1D3,2D3. The number of nitrogens with zero attached hydrogens (tertiary/aromatic N) is 2. The van der Waals surface area contributed by atoms with Crippen molar-refractivity contribution in [1.82, 2.24) is 9.97 Å². The molecule has 0 fully saturated rings. The number of furan rings is 1. The van der Waals surface area contributed by atoms with E-state index in [0.29, 0.717) is 22.2 Å². The fourth-order valence-electron chi connectivity index (χ4n) is 3.23. The topological polar surface area (TPSA) is 38.9 Å². The van der Waals surface area contributed by atoms with Crippen molar-refractivity contribution in [3.8, 4) is 11.3 Å². The summed E-state index contributed by atoms with van der Waals surface area (Å²) in [5.74, 6) is 0. The first-order valence-corrected chi connectivity index (χ1v) is 7.84. The molecule has 5 rings (SSSR count). The van der Waals surface area contributed by atoms with Crippen LogP contribution in [0.5, 0.6) is 0 Å². The van der Waals surface area contributed by atoms with Gasteiger partial charge >= 0.3 is 0 Å². The molecule has 0 aliphatic carbocycles. The Morgan fingerprint density at radius 1 is 0.840 bits per heavy atom. The average molecular weight is 330 g/mol. The predicted molar refractivity (Wildman–Crippen MR) is 102 cm³/mol. The molecule has 0 spiro atoms. The van der Waals surface area contributed by atoms with Crippen molar-refractivity contribution in [2.75, 3.05) is 0 Å². The van der Waals surface area contributed by atoms with Crippen LogP contribution in [0.2, 0.25) is 0 Å². The van der Waals surface area contributed by atoms with Gasteiger partial charge in [0.15, 0.2) is 0 Å². The Morgan fingerprint density at radius 2 is 1.80 bits per heavy atom. The smallest absolute Gasteiger partial charge is 0.144 e. The molecule has 3 heterocycles. The highest BCUT2D eigenvalue weighted by Gasteiger charge is 2.14. The van der Waals surface area contributed by atoms with Gasteiger partial charge in [0.2, 0.25) is 0 Å². The molecule has 0 amide bonds. The first-order chi connectivity index (χ1) is 14.6. The average Bonchev–Trinajstić information content (AvgIpc) is 3.11. The molecule has 3 nitrogen and oxygen atoms in total. The Balaban J connectivity index is 1.76. The molecule has 3 aromatic heterocycles. The maximum Gasteiger partial charge on any atom is 0.144 e. The van der Waals surface area contributed by atoms with Crippen molar-refractivity contribution < 1.29 is 12.6 Å². The van der Waals surface area contributed by atoms with Crippen LogP contribution in [-0.4, -0.2) is 9.97 Å². The molecule has 0 saturated heterocycles. The third-order valence-electron chi connectivity index (χ3n) is 4.40. The van der Waals surface area contributed by atoms with E-state index < -0.39 is 13.7 Å². The molecule has 0 bridgehead atoms. The minimum absolute atomic E-state index is 0.00935. The Labute approximate surface area is 153 Å². The highest BCUT2D eigenvalue weighted by molar-refractivity contribution is 6.16. The molecule has 0 aliphatic heterocycles. The Morgan fingerprint density at radius 3 is 2.64 bits per heavy atom. The van der Waals surface area contributed by atoms with Gasteiger partial charge in [0.25, 0.3) is 0 Å². The molecule has 2 aromatic carbocycles. The number of fused-ring (bicyclic) bond motifs is 5. The first-order valence-electron chi connectivity index (χ1n) is 10.8. The summed E-state index contributed by atoms with van der Waals surface area (Å²) >= 11 is 0. The van der Waals surface area contributed by atoms with Gasteiger partial charge in [-0.05, 0) is 43.5 Å². The zero-order chi connectivity index (χ0) is 22.0. The zero-order valence-corrected chi connectivity index (χ0v) is 13.1. The second-order valence-corrected chi connectivity index (χ2v) is 5.95. The molecular formula is C22H16N2O. The van der Waals surface area contributed by atoms with Crippen molar-refractivity contribution in [2.45, 2.75) is 13.7 Å². The SMILES string of the molecule is [2H]C([2H])([2H])c1ccc(-c2cccc3c2oc2c4cc(C([2H])([2H])[2H])ncc4ccc32)nc1. The summed E-state index contributed by atoms with van der Waals surface area (Å²) in [4.78, 5) is 8.41. The lowest BCUT2D eigenvalue weighted by Gasteiger charge is -2.02. The van der Waals surface area contributed by atoms with Gasteiger partial charge in [0, 0.05) is 53.4 Å². The summed E-state index contributed by atoms with van der Waals surface area (Å²) in [6.45, 7) is -4.54. The van der Waals surface area contributed by atoms with E-state index >= 15 is 0 Å². The second-order valence-electron chi connectivity index (χ2n) is 5.95. The van der Waals surface area contributed by atoms with Gasteiger partial charge in [0.1, 0.15) is 11.2 Å². The number of pyridine rings is 2. The zero-order valence-electron chi connectivity index (χ0n) is 19.1. The summed E-state index contributed by atoms with van der Waals surface area (Å²) in [7, 11) is 0. The summed E-state index contributed by atoms with van der Waals surface area (Å²) in [5.41, 5.74) is 2.67. The molecule has 25 heavy (non-hydrogen) atoms. The van der Waals surface area contributed by atoms with Crippen molar-refractivity contribution in [3.05, 3.63) is 72.2 Å². The van der Waals surface area contributed by atoms with E-state index in [4.69, 9.17) is 12.6 Å². The predicted octanol–water partition coefficient (Wildman–Crippen LogP) is 5.81. The van der Waals surface area contributed by atoms with Crippen LogP contribution in [0.4, 0.5) is 0 Å². The van der Waals surface area contributed by atoms with E-state index in [1.165, 1.54) is 6.20 Å². The lowest BCUT2D eigenvalue weighted by Crippen LogP contribution is -1.84. The summed E-state index contributed by atoms with van der Waals surface area (Å²) in [5, 5.41) is 3.17. The molecule has 3 heteroatoms. The van der Waals surface area contributed by atoms with Crippen molar-refractivity contribution >= 4 is 32.7 Å².